The molecule has 0 aliphatic heterocycles. The van der Waals surface area contributed by atoms with Crippen molar-refractivity contribution in [3.05, 3.63) is 27.6 Å². The van der Waals surface area contributed by atoms with Gasteiger partial charge in [0.2, 0.25) is 0 Å². The maximum Gasteiger partial charge on any atom is 0.148 e. The van der Waals surface area contributed by atoms with Crippen LogP contribution in [0, 0.1) is 0 Å². The van der Waals surface area contributed by atoms with Crippen molar-refractivity contribution in [2.45, 2.75) is 39.7 Å². The molecule has 0 saturated heterocycles. The van der Waals surface area contributed by atoms with Crippen molar-refractivity contribution in [1.82, 2.24) is 9.78 Å². The number of aromatic nitrogens is 2. The van der Waals surface area contributed by atoms with Crippen LogP contribution in [0.1, 0.15) is 36.4 Å². The van der Waals surface area contributed by atoms with Gasteiger partial charge in [0.15, 0.2) is 0 Å². The molecule has 0 unspecified atom stereocenters. The van der Waals surface area contributed by atoms with E-state index >= 15 is 0 Å². The van der Waals surface area contributed by atoms with Crippen molar-refractivity contribution in [3.63, 3.8) is 0 Å². The molecular weight excluding hydrogens is 256 g/mol. The first-order valence-electron chi connectivity index (χ1n) is 6.77. The van der Waals surface area contributed by atoms with Gasteiger partial charge in [-0.25, -0.2) is 0 Å². The van der Waals surface area contributed by atoms with E-state index < -0.39 is 0 Å². The lowest BCUT2D eigenvalue weighted by Gasteiger charge is -2.08. The number of nitrogens with zero attached hydrogens (tertiary/aromatic N) is 2. The molecule has 3 N–H and O–H groups in total. The molecule has 0 bridgehead atoms. The molecule has 4 nitrogen and oxygen atoms in total. The number of aryl methyl sites for hydroxylation is 3. The summed E-state index contributed by atoms with van der Waals surface area (Å²) in [5, 5.41) is 10.0. The van der Waals surface area contributed by atoms with Crippen LogP contribution in [0.2, 0.25) is 0 Å². The average molecular weight is 278 g/mol. The number of nitrogens with two attached hydrogens (primary N) is 1. The fourth-order valence-corrected chi connectivity index (χ4v) is 3.14. The smallest absolute Gasteiger partial charge is 0.148 e. The normalized spacial score (nSPS) is 10.9. The summed E-state index contributed by atoms with van der Waals surface area (Å²) in [6.07, 6.45) is 3.06. The second-order valence-corrected chi connectivity index (χ2v) is 5.66. The zero-order valence-corrected chi connectivity index (χ0v) is 12.7. The number of nitrogens with one attached hydrogen (secondary N) is 1. The SMILES string of the molecule is CCCc1nn(C)c(NCc2sccc2CC)c1N. The number of nitrogen functional groups attached to an aromatic ring is 1. The van der Waals surface area contributed by atoms with E-state index in [0.717, 1.165) is 43.0 Å². The highest BCUT2D eigenvalue weighted by molar-refractivity contribution is 7.10. The highest BCUT2D eigenvalue weighted by Crippen LogP contribution is 2.25. The predicted molar refractivity (Wildman–Crippen MR) is 82.6 cm³/mol. The fourth-order valence-electron chi connectivity index (χ4n) is 2.23. The summed E-state index contributed by atoms with van der Waals surface area (Å²) >= 11 is 1.79. The lowest BCUT2D eigenvalue weighted by molar-refractivity contribution is 0.735. The summed E-state index contributed by atoms with van der Waals surface area (Å²) in [5.74, 6) is 0.930. The number of rotatable bonds is 6. The molecule has 2 heterocycles. The van der Waals surface area contributed by atoms with Crippen molar-refractivity contribution >= 4 is 22.8 Å². The van der Waals surface area contributed by atoms with Crippen LogP contribution in [-0.2, 0) is 26.4 Å². The molecule has 0 saturated carbocycles. The third-order valence-electron chi connectivity index (χ3n) is 3.28. The van der Waals surface area contributed by atoms with Crippen molar-refractivity contribution < 1.29 is 0 Å². The Hall–Kier alpha value is -1.49. The van der Waals surface area contributed by atoms with Gasteiger partial charge in [0.05, 0.1) is 17.9 Å². The Labute approximate surface area is 118 Å². The summed E-state index contributed by atoms with van der Waals surface area (Å²) in [4.78, 5) is 1.38. The van der Waals surface area contributed by atoms with E-state index in [0.29, 0.717) is 0 Å². The van der Waals surface area contributed by atoms with Gasteiger partial charge in [-0.3, -0.25) is 4.68 Å². The Morgan fingerprint density at radius 3 is 2.89 bits per heavy atom. The standard InChI is InChI=1S/C14H22N4S/c1-4-6-11-13(15)14(18(3)17-11)16-9-12-10(5-2)7-8-19-12/h7-8,16H,4-6,9,15H2,1-3H3. The molecule has 0 amide bonds. The number of thiophene rings is 1. The van der Waals surface area contributed by atoms with E-state index in [9.17, 15) is 0 Å². The maximum absolute atomic E-state index is 6.16. The molecule has 2 rings (SSSR count). The monoisotopic (exact) mass is 278 g/mol. The largest absolute Gasteiger partial charge is 0.394 e. The van der Waals surface area contributed by atoms with Crippen LogP contribution in [0.3, 0.4) is 0 Å². The van der Waals surface area contributed by atoms with Gasteiger partial charge in [-0.05, 0) is 29.9 Å². The van der Waals surface area contributed by atoms with Gasteiger partial charge in [0, 0.05) is 11.9 Å². The summed E-state index contributed by atoms with van der Waals surface area (Å²) in [5.41, 5.74) is 9.35. The lowest BCUT2D eigenvalue weighted by atomic mass is 10.2. The Morgan fingerprint density at radius 1 is 1.42 bits per heavy atom. The highest BCUT2D eigenvalue weighted by Gasteiger charge is 2.12. The Morgan fingerprint density at radius 2 is 2.21 bits per heavy atom. The molecule has 2 aromatic heterocycles. The van der Waals surface area contributed by atoms with Gasteiger partial charge in [-0.1, -0.05) is 20.3 Å². The van der Waals surface area contributed by atoms with E-state index in [1.807, 2.05) is 11.7 Å². The quantitative estimate of drug-likeness (QED) is 0.853. The fraction of sp³-hybridized carbons (Fsp3) is 0.500. The first-order valence-corrected chi connectivity index (χ1v) is 7.65. The second kappa shape index (κ2) is 6.10. The van der Waals surface area contributed by atoms with E-state index in [1.54, 1.807) is 11.3 Å². The summed E-state index contributed by atoms with van der Waals surface area (Å²) in [6.45, 7) is 5.14. The minimum atomic E-state index is 0.791. The zero-order chi connectivity index (χ0) is 13.8. The zero-order valence-electron chi connectivity index (χ0n) is 11.9. The molecule has 5 heteroatoms. The molecule has 104 valence electrons. The summed E-state index contributed by atoms with van der Waals surface area (Å²) < 4.78 is 1.85. The van der Waals surface area contributed by atoms with Gasteiger partial charge >= 0.3 is 0 Å². The van der Waals surface area contributed by atoms with Crippen LogP contribution in [0.15, 0.2) is 11.4 Å². The van der Waals surface area contributed by atoms with Crippen molar-refractivity contribution in [3.8, 4) is 0 Å². The minimum absolute atomic E-state index is 0.791. The first-order chi connectivity index (χ1) is 9.17. The first kappa shape index (κ1) is 13.9. The van der Waals surface area contributed by atoms with E-state index in [2.05, 4.69) is 35.7 Å². The maximum atomic E-state index is 6.16. The molecule has 0 aliphatic carbocycles. The molecule has 2 aromatic rings. The molecule has 0 spiro atoms. The van der Waals surface area contributed by atoms with Crippen molar-refractivity contribution in [2.75, 3.05) is 11.1 Å². The average Bonchev–Trinajstić information content (AvgIpc) is 2.94. The summed E-state index contributed by atoms with van der Waals surface area (Å²) in [7, 11) is 1.94. The molecule has 19 heavy (non-hydrogen) atoms. The van der Waals surface area contributed by atoms with Crippen LogP contribution in [0.4, 0.5) is 11.5 Å². The lowest BCUT2D eigenvalue weighted by Crippen LogP contribution is -2.06. The van der Waals surface area contributed by atoms with Gasteiger partial charge in [0.25, 0.3) is 0 Å². The minimum Gasteiger partial charge on any atom is -0.394 e. The van der Waals surface area contributed by atoms with Crippen LogP contribution in [-0.4, -0.2) is 9.78 Å². The van der Waals surface area contributed by atoms with Gasteiger partial charge in [0.1, 0.15) is 5.82 Å². The van der Waals surface area contributed by atoms with Crippen molar-refractivity contribution in [1.29, 1.82) is 0 Å². The van der Waals surface area contributed by atoms with E-state index in [1.165, 1.54) is 10.4 Å². The van der Waals surface area contributed by atoms with Gasteiger partial charge in [-0.2, -0.15) is 5.10 Å². The number of anilines is 2. The second-order valence-electron chi connectivity index (χ2n) is 4.66. The van der Waals surface area contributed by atoms with Crippen molar-refractivity contribution in [2.24, 2.45) is 7.05 Å². The highest BCUT2D eigenvalue weighted by atomic mass is 32.1. The Balaban J connectivity index is 2.11. The molecule has 0 aliphatic rings. The summed E-state index contributed by atoms with van der Waals surface area (Å²) in [6, 6.07) is 2.19. The Bertz CT molecular complexity index is 542. The predicted octanol–water partition coefficient (Wildman–Crippen LogP) is 3.19. The number of hydrogen-bond acceptors (Lipinski definition) is 4. The molecule has 0 atom stereocenters. The van der Waals surface area contributed by atoms with Crippen LogP contribution < -0.4 is 11.1 Å². The molecule has 0 fully saturated rings. The van der Waals surface area contributed by atoms with Crippen LogP contribution in [0.5, 0.6) is 0 Å². The Kier molecular flexibility index (Phi) is 4.47. The third-order valence-corrected chi connectivity index (χ3v) is 4.25. The molecule has 0 aromatic carbocycles. The topological polar surface area (TPSA) is 55.9 Å². The molecule has 0 radical (unpaired) electrons. The van der Waals surface area contributed by atoms with Gasteiger partial charge < -0.3 is 11.1 Å². The van der Waals surface area contributed by atoms with E-state index in [-0.39, 0.29) is 0 Å². The van der Waals surface area contributed by atoms with Gasteiger partial charge in [-0.15, -0.1) is 11.3 Å². The van der Waals surface area contributed by atoms with Crippen LogP contribution in [0.25, 0.3) is 0 Å². The van der Waals surface area contributed by atoms with Crippen LogP contribution >= 0.6 is 11.3 Å². The van der Waals surface area contributed by atoms with E-state index in [4.69, 9.17) is 5.73 Å². The third kappa shape index (κ3) is 2.92. The molecular formula is C14H22N4S. The number of hydrogen-bond donors (Lipinski definition) is 2.